The molecule has 2 unspecified atom stereocenters. The molecule has 2 rings (SSSR count). The molecule has 1 aliphatic heterocycles. The van der Waals surface area contributed by atoms with E-state index in [1.165, 1.54) is 12.8 Å². The van der Waals surface area contributed by atoms with Gasteiger partial charge in [0.15, 0.2) is 0 Å². The first kappa shape index (κ1) is 14.3. The lowest BCUT2D eigenvalue weighted by atomic mass is 9.94. The Morgan fingerprint density at radius 3 is 2.84 bits per heavy atom. The second kappa shape index (κ2) is 6.37. The molecule has 1 aliphatic rings. The Labute approximate surface area is 115 Å². The molecule has 0 aliphatic carbocycles. The molecule has 5 heteroatoms. The van der Waals surface area contributed by atoms with Crippen molar-refractivity contribution in [3.05, 3.63) is 5.89 Å². The minimum atomic E-state index is 0.487. The van der Waals surface area contributed by atoms with Crippen LogP contribution in [0.1, 0.15) is 46.4 Å². The summed E-state index contributed by atoms with van der Waals surface area (Å²) in [6.07, 6.45) is 2.40. The Morgan fingerprint density at radius 2 is 2.16 bits per heavy atom. The van der Waals surface area contributed by atoms with Crippen molar-refractivity contribution in [2.75, 3.05) is 18.0 Å². The molecule has 0 bridgehead atoms. The van der Waals surface area contributed by atoms with Gasteiger partial charge in [0, 0.05) is 12.6 Å². The Bertz CT molecular complexity index is 391. The molecule has 1 aromatic rings. The van der Waals surface area contributed by atoms with Gasteiger partial charge in [-0.1, -0.05) is 25.9 Å². The smallest absolute Gasteiger partial charge is 0.318 e. The van der Waals surface area contributed by atoms with Gasteiger partial charge in [-0.3, -0.25) is 0 Å². The molecule has 0 amide bonds. The van der Waals surface area contributed by atoms with E-state index in [0.717, 1.165) is 19.0 Å². The predicted molar refractivity (Wildman–Crippen MR) is 76.0 cm³/mol. The van der Waals surface area contributed by atoms with Crippen LogP contribution < -0.4 is 10.2 Å². The Kier molecular flexibility index (Phi) is 4.80. The van der Waals surface area contributed by atoms with Gasteiger partial charge in [-0.05, 0) is 38.1 Å². The lowest BCUT2D eigenvalue weighted by molar-refractivity contribution is 0.351. The Balaban J connectivity index is 1.89. The third kappa shape index (κ3) is 3.93. The maximum Gasteiger partial charge on any atom is 0.318 e. The molecule has 2 atom stereocenters. The van der Waals surface area contributed by atoms with Crippen LogP contribution in [-0.4, -0.2) is 29.3 Å². The zero-order valence-electron chi connectivity index (χ0n) is 12.5. The topological polar surface area (TPSA) is 54.2 Å². The highest BCUT2D eigenvalue weighted by molar-refractivity contribution is 5.27. The average molecular weight is 266 g/mol. The highest BCUT2D eigenvalue weighted by atomic mass is 16.4. The van der Waals surface area contributed by atoms with Crippen LogP contribution in [0.5, 0.6) is 0 Å². The zero-order chi connectivity index (χ0) is 13.8. The summed E-state index contributed by atoms with van der Waals surface area (Å²) in [5.74, 6) is 2.11. The van der Waals surface area contributed by atoms with Crippen molar-refractivity contribution >= 4 is 6.01 Å². The third-order valence-electron chi connectivity index (χ3n) is 3.67. The number of hydrogen-bond donors (Lipinski definition) is 1. The van der Waals surface area contributed by atoms with Gasteiger partial charge in [0.05, 0.1) is 6.54 Å². The number of piperidine rings is 1. The molecule has 108 valence electrons. The maximum absolute atomic E-state index is 5.75. The van der Waals surface area contributed by atoms with Crippen molar-refractivity contribution in [3.63, 3.8) is 0 Å². The van der Waals surface area contributed by atoms with Crippen LogP contribution in [0.3, 0.4) is 0 Å². The van der Waals surface area contributed by atoms with Crippen LogP contribution in [0.25, 0.3) is 0 Å². The number of hydrogen-bond acceptors (Lipinski definition) is 5. The summed E-state index contributed by atoms with van der Waals surface area (Å²) in [4.78, 5) is 2.24. The first-order chi connectivity index (χ1) is 9.06. The van der Waals surface area contributed by atoms with Gasteiger partial charge in [-0.2, -0.15) is 0 Å². The third-order valence-corrected chi connectivity index (χ3v) is 3.67. The van der Waals surface area contributed by atoms with Crippen molar-refractivity contribution in [3.8, 4) is 0 Å². The monoisotopic (exact) mass is 266 g/mol. The number of nitrogens with zero attached hydrogens (tertiary/aromatic N) is 3. The first-order valence-electron chi connectivity index (χ1n) is 7.36. The molecule has 0 aromatic carbocycles. The minimum Gasteiger partial charge on any atom is -0.407 e. The van der Waals surface area contributed by atoms with Gasteiger partial charge < -0.3 is 14.6 Å². The molecule has 1 N–H and O–H groups in total. The molecular weight excluding hydrogens is 240 g/mol. The van der Waals surface area contributed by atoms with Crippen LogP contribution in [0.15, 0.2) is 4.42 Å². The van der Waals surface area contributed by atoms with Crippen LogP contribution >= 0.6 is 0 Å². The molecular formula is C14H26N4O. The van der Waals surface area contributed by atoms with E-state index in [1.54, 1.807) is 0 Å². The Hall–Kier alpha value is -1.10. The molecule has 0 spiro atoms. The van der Waals surface area contributed by atoms with Gasteiger partial charge in [0.25, 0.3) is 0 Å². The molecule has 19 heavy (non-hydrogen) atoms. The van der Waals surface area contributed by atoms with Gasteiger partial charge in [0.2, 0.25) is 5.89 Å². The van der Waals surface area contributed by atoms with Crippen molar-refractivity contribution in [1.82, 2.24) is 15.5 Å². The fraction of sp³-hybridized carbons (Fsp3) is 0.857. The predicted octanol–water partition coefficient (Wildman–Crippen LogP) is 2.44. The van der Waals surface area contributed by atoms with Crippen molar-refractivity contribution in [2.45, 2.75) is 53.1 Å². The Morgan fingerprint density at radius 1 is 1.37 bits per heavy atom. The number of rotatable bonds is 5. The largest absolute Gasteiger partial charge is 0.407 e. The number of nitrogens with one attached hydrogen (secondary N) is 1. The highest BCUT2D eigenvalue weighted by Crippen LogP contribution is 2.26. The van der Waals surface area contributed by atoms with Crippen LogP contribution in [0, 0.1) is 11.8 Å². The molecule has 1 fully saturated rings. The van der Waals surface area contributed by atoms with Crippen LogP contribution in [0.2, 0.25) is 0 Å². The summed E-state index contributed by atoms with van der Waals surface area (Å²) >= 11 is 0. The van der Waals surface area contributed by atoms with Crippen LogP contribution in [-0.2, 0) is 6.54 Å². The zero-order valence-corrected chi connectivity index (χ0v) is 12.5. The van der Waals surface area contributed by atoms with E-state index in [2.05, 4.69) is 48.1 Å². The quantitative estimate of drug-likeness (QED) is 0.887. The summed E-state index contributed by atoms with van der Waals surface area (Å²) in [5, 5.41) is 11.6. The summed E-state index contributed by atoms with van der Waals surface area (Å²) in [6.45, 7) is 11.5. The van der Waals surface area contributed by atoms with E-state index >= 15 is 0 Å². The molecule has 1 aromatic heterocycles. The lowest BCUT2D eigenvalue weighted by Gasteiger charge is -2.34. The van der Waals surface area contributed by atoms with Gasteiger partial charge in [-0.25, -0.2) is 0 Å². The van der Waals surface area contributed by atoms with Crippen molar-refractivity contribution in [2.24, 2.45) is 11.8 Å². The summed E-state index contributed by atoms with van der Waals surface area (Å²) in [7, 11) is 0. The minimum absolute atomic E-state index is 0.487. The van der Waals surface area contributed by atoms with E-state index in [1.807, 2.05) is 0 Å². The average Bonchev–Trinajstić information content (AvgIpc) is 2.77. The van der Waals surface area contributed by atoms with Crippen molar-refractivity contribution < 1.29 is 4.42 Å². The number of anilines is 1. The van der Waals surface area contributed by atoms with Gasteiger partial charge in [0.1, 0.15) is 0 Å². The van der Waals surface area contributed by atoms with E-state index in [4.69, 9.17) is 4.42 Å². The fourth-order valence-corrected chi connectivity index (χ4v) is 2.59. The van der Waals surface area contributed by atoms with E-state index in [0.29, 0.717) is 30.4 Å². The lowest BCUT2D eigenvalue weighted by Crippen LogP contribution is -2.40. The molecule has 0 saturated carbocycles. The van der Waals surface area contributed by atoms with Gasteiger partial charge in [-0.15, -0.1) is 5.10 Å². The summed E-state index contributed by atoms with van der Waals surface area (Å²) in [6, 6.07) is 1.17. The second-order valence-corrected chi connectivity index (χ2v) is 6.18. The number of aromatic nitrogens is 2. The standard InChI is InChI=1S/C14H26N4O/c1-10(2)8-15-9-13-16-17-14(19-13)18-6-5-11(3)7-12(18)4/h10-12,15H,5-9H2,1-4H3. The van der Waals surface area contributed by atoms with Crippen molar-refractivity contribution in [1.29, 1.82) is 0 Å². The van der Waals surface area contributed by atoms with Crippen LogP contribution in [0.4, 0.5) is 6.01 Å². The van der Waals surface area contributed by atoms with E-state index in [-0.39, 0.29) is 0 Å². The van der Waals surface area contributed by atoms with E-state index in [9.17, 15) is 0 Å². The molecule has 2 heterocycles. The first-order valence-corrected chi connectivity index (χ1v) is 7.36. The second-order valence-electron chi connectivity index (χ2n) is 6.18. The summed E-state index contributed by atoms with van der Waals surface area (Å²) < 4.78 is 5.75. The van der Waals surface area contributed by atoms with E-state index < -0.39 is 0 Å². The fourth-order valence-electron chi connectivity index (χ4n) is 2.59. The van der Waals surface area contributed by atoms with Gasteiger partial charge >= 0.3 is 6.01 Å². The SMILES string of the molecule is CC(C)CNCc1nnc(N2CCC(C)CC2C)o1. The maximum atomic E-state index is 5.75. The normalized spacial score (nSPS) is 24.2. The summed E-state index contributed by atoms with van der Waals surface area (Å²) in [5.41, 5.74) is 0. The molecule has 5 nitrogen and oxygen atoms in total. The molecule has 1 saturated heterocycles. The molecule has 0 radical (unpaired) electrons. The highest BCUT2D eigenvalue weighted by Gasteiger charge is 2.26.